The number of nitrogens with one attached hydrogen (secondary N) is 1. The summed E-state index contributed by atoms with van der Waals surface area (Å²) >= 11 is 0. The molecule has 7 nitrogen and oxygen atoms in total. The molecule has 7 heteroatoms. The van der Waals surface area contributed by atoms with Crippen LogP contribution >= 0.6 is 0 Å². The molecule has 23 heavy (non-hydrogen) atoms. The third-order valence-corrected chi connectivity index (χ3v) is 3.65. The number of benzene rings is 1. The Morgan fingerprint density at radius 2 is 2.00 bits per heavy atom. The number of methoxy groups -OCH3 is 1. The fraction of sp³-hybridized carbons (Fsp3) is 0.375. The second kappa shape index (κ2) is 5.83. The van der Waals surface area contributed by atoms with E-state index in [0.717, 1.165) is 11.3 Å². The monoisotopic (exact) mass is 312 g/mol. The van der Waals surface area contributed by atoms with Crippen LogP contribution in [0.5, 0.6) is 5.75 Å². The maximum absolute atomic E-state index is 5.34. The highest BCUT2D eigenvalue weighted by molar-refractivity contribution is 5.45. The lowest BCUT2D eigenvalue weighted by Gasteiger charge is -2.32. The van der Waals surface area contributed by atoms with Crippen molar-refractivity contribution in [2.45, 2.75) is 26.8 Å². The van der Waals surface area contributed by atoms with Gasteiger partial charge in [0, 0.05) is 0 Å². The quantitative estimate of drug-likeness (QED) is 0.798. The van der Waals surface area contributed by atoms with E-state index in [1.54, 1.807) is 7.11 Å². The van der Waals surface area contributed by atoms with Crippen LogP contribution in [0.4, 0.5) is 5.82 Å². The zero-order chi connectivity index (χ0) is 16.4. The molecule has 0 amide bonds. The van der Waals surface area contributed by atoms with Crippen LogP contribution in [0.3, 0.4) is 0 Å². The molecule has 2 heterocycles. The standard InChI is InChI=1S/C16H20N6O/c1-16(2,3)15(11-6-5-7-12(10-11)23-4)17-13-8-9-14-18-20-21-22(14)19-13/h5-10,15H,1-4H3,(H,17,19)/t15-/m0/s1. The summed E-state index contributed by atoms with van der Waals surface area (Å²) in [6.07, 6.45) is 0. The summed E-state index contributed by atoms with van der Waals surface area (Å²) in [6, 6.07) is 11.8. The van der Waals surface area contributed by atoms with E-state index in [-0.39, 0.29) is 11.5 Å². The van der Waals surface area contributed by atoms with E-state index < -0.39 is 0 Å². The minimum Gasteiger partial charge on any atom is -0.497 e. The Balaban J connectivity index is 1.95. The zero-order valence-electron chi connectivity index (χ0n) is 13.7. The highest BCUT2D eigenvalue weighted by atomic mass is 16.5. The average Bonchev–Trinajstić information content (AvgIpc) is 2.99. The predicted molar refractivity (Wildman–Crippen MR) is 87.4 cm³/mol. The van der Waals surface area contributed by atoms with Gasteiger partial charge in [-0.05, 0) is 45.7 Å². The summed E-state index contributed by atoms with van der Waals surface area (Å²) in [6.45, 7) is 6.54. The van der Waals surface area contributed by atoms with Gasteiger partial charge in [0.2, 0.25) is 0 Å². The summed E-state index contributed by atoms with van der Waals surface area (Å²) in [5, 5.41) is 19.2. The third-order valence-electron chi connectivity index (χ3n) is 3.65. The maximum Gasteiger partial charge on any atom is 0.200 e. The highest BCUT2D eigenvalue weighted by Crippen LogP contribution is 2.36. The summed E-state index contributed by atoms with van der Waals surface area (Å²) in [5.74, 6) is 1.55. The van der Waals surface area contributed by atoms with Gasteiger partial charge in [-0.2, -0.15) is 0 Å². The topological polar surface area (TPSA) is 77.2 Å². The van der Waals surface area contributed by atoms with E-state index in [2.05, 4.69) is 52.8 Å². The number of nitrogens with zero attached hydrogens (tertiary/aromatic N) is 5. The number of hydrogen-bond donors (Lipinski definition) is 1. The molecule has 0 aliphatic heterocycles. The largest absolute Gasteiger partial charge is 0.497 e. The molecule has 1 atom stereocenters. The van der Waals surface area contributed by atoms with Gasteiger partial charge >= 0.3 is 0 Å². The van der Waals surface area contributed by atoms with Crippen LogP contribution in [0.1, 0.15) is 32.4 Å². The first-order valence-electron chi connectivity index (χ1n) is 7.43. The second-order valence-corrected chi connectivity index (χ2v) is 6.47. The zero-order valence-corrected chi connectivity index (χ0v) is 13.7. The fourth-order valence-corrected chi connectivity index (χ4v) is 2.50. The lowest BCUT2D eigenvalue weighted by atomic mass is 9.82. The van der Waals surface area contributed by atoms with Crippen LogP contribution in [-0.2, 0) is 0 Å². The lowest BCUT2D eigenvalue weighted by Crippen LogP contribution is -2.26. The highest BCUT2D eigenvalue weighted by Gasteiger charge is 2.27. The van der Waals surface area contributed by atoms with Gasteiger partial charge in [0.1, 0.15) is 11.6 Å². The SMILES string of the molecule is COc1cccc([C@H](Nc2ccc3nnnn3n2)C(C)(C)C)c1. The molecule has 2 aromatic heterocycles. The molecule has 0 aliphatic carbocycles. The van der Waals surface area contributed by atoms with Crippen LogP contribution in [0.15, 0.2) is 36.4 Å². The first-order valence-corrected chi connectivity index (χ1v) is 7.43. The van der Waals surface area contributed by atoms with Crippen molar-refractivity contribution in [3.63, 3.8) is 0 Å². The number of rotatable bonds is 4. The van der Waals surface area contributed by atoms with E-state index in [1.807, 2.05) is 30.3 Å². The molecule has 0 aliphatic rings. The van der Waals surface area contributed by atoms with Crippen molar-refractivity contribution in [2.24, 2.45) is 5.41 Å². The minimum atomic E-state index is -0.0242. The molecule has 0 bridgehead atoms. The van der Waals surface area contributed by atoms with Crippen molar-refractivity contribution in [3.05, 3.63) is 42.0 Å². The van der Waals surface area contributed by atoms with Crippen molar-refractivity contribution < 1.29 is 4.74 Å². The molecule has 1 aromatic carbocycles. The Hall–Kier alpha value is -2.70. The van der Waals surface area contributed by atoms with Crippen LogP contribution < -0.4 is 10.1 Å². The van der Waals surface area contributed by atoms with Gasteiger partial charge in [0.15, 0.2) is 5.65 Å². The normalized spacial score (nSPS) is 13.0. The second-order valence-electron chi connectivity index (χ2n) is 6.47. The Kier molecular flexibility index (Phi) is 3.85. The van der Waals surface area contributed by atoms with Gasteiger partial charge in [-0.1, -0.05) is 32.9 Å². The van der Waals surface area contributed by atoms with E-state index in [0.29, 0.717) is 11.5 Å². The van der Waals surface area contributed by atoms with Gasteiger partial charge in [0.25, 0.3) is 0 Å². The molecule has 1 N–H and O–H groups in total. The number of hydrogen-bond acceptors (Lipinski definition) is 6. The van der Waals surface area contributed by atoms with E-state index in [1.165, 1.54) is 4.63 Å². The van der Waals surface area contributed by atoms with Gasteiger partial charge in [-0.15, -0.1) is 14.8 Å². The van der Waals surface area contributed by atoms with Gasteiger partial charge < -0.3 is 10.1 Å². The summed E-state index contributed by atoms with van der Waals surface area (Å²) in [5.41, 5.74) is 1.73. The molecule has 0 radical (unpaired) electrons. The summed E-state index contributed by atoms with van der Waals surface area (Å²) in [4.78, 5) is 0. The van der Waals surface area contributed by atoms with Crippen molar-refractivity contribution >= 4 is 11.5 Å². The number of ether oxygens (including phenoxy) is 1. The van der Waals surface area contributed by atoms with Crippen LogP contribution in [0.2, 0.25) is 0 Å². The fourth-order valence-electron chi connectivity index (χ4n) is 2.50. The Labute approximate surface area is 134 Å². The summed E-state index contributed by atoms with van der Waals surface area (Å²) in [7, 11) is 1.67. The minimum absolute atomic E-state index is 0.0242. The van der Waals surface area contributed by atoms with Crippen LogP contribution in [0, 0.1) is 5.41 Å². The molecule has 0 fully saturated rings. The molecule has 0 saturated heterocycles. The van der Waals surface area contributed by atoms with Crippen molar-refractivity contribution in [1.29, 1.82) is 0 Å². The van der Waals surface area contributed by atoms with Crippen LogP contribution in [-0.4, -0.2) is 32.4 Å². The van der Waals surface area contributed by atoms with Gasteiger partial charge in [0.05, 0.1) is 13.2 Å². The first-order chi connectivity index (χ1) is 11.0. The first kappa shape index (κ1) is 15.2. The van der Waals surface area contributed by atoms with Gasteiger partial charge in [-0.25, -0.2) is 0 Å². The van der Waals surface area contributed by atoms with E-state index in [9.17, 15) is 0 Å². The van der Waals surface area contributed by atoms with Crippen LogP contribution in [0.25, 0.3) is 5.65 Å². The molecule has 3 rings (SSSR count). The van der Waals surface area contributed by atoms with Crippen molar-refractivity contribution in [1.82, 2.24) is 25.3 Å². The predicted octanol–water partition coefficient (Wildman–Crippen LogP) is 2.73. The summed E-state index contributed by atoms with van der Waals surface area (Å²) < 4.78 is 6.75. The van der Waals surface area contributed by atoms with Crippen molar-refractivity contribution in [2.75, 3.05) is 12.4 Å². The number of tetrazole rings is 1. The molecule has 0 spiro atoms. The molecule has 120 valence electrons. The molecular formula is C16H20N6O. The van der Waals surface area contributed by atoms with Crippen molar-refractivity contribution in [3.8, 4) is 5.75 Å². The Morgan fingerprint density at radius 1 is 1.17 bits per heavy atom. The molecular weight excluding hydrogens is 292 g/mol. The number of fused-ring (bicyclic) bond motifs is 1. The number of aromatic nitrogens is 5. The van der Waals surface area contributed by atoms with Gasteiger partial charge in [-0.3, -0.25) is 0 Å². The van der Waals surface area contributed by atoms with E-state index >= 15 is 0 Å². The molecule has 0 saturated carbocycles. The molecule has 3 aromatic rings. The lowest BCUT2D eigenvalue weighted by molar-refractivity contribution is 0.344. The number of anilines is 1. The Morgan fingerprint density at radius 3 is 2.74 bits per heavy atom. The average molecular weight is 312 g/mol. The van der Waals surface area contributed by atoms with E-state index in [4.69, 9.17) is 4.74 Å². The smallest absolute Gasteiger partial charge is 0.200 e. The molecule has 0 unspecified atom stereocenters. The Bertz CT molecular complexity index is 807. The third kappa shape index (κ3) is 3.23. The maximum atomic E-state index is 5.34.